The third-order valence-electron chi connectivity index (χ3n) is 5.48. The highest BCUT2D eigenvalue weighted by Crippen LogP contribution is 2.29. The number of carbonyl (C=O) groups excluding carboxylic acids is 1. The highest BCUT2D eigenvalue weighted by Gasteiger charge is 2.35. The second-order valence-electron chi connectivity index (χ2n) is 7.20. The van der Waals surface area contributed by atoms with Crippen molar-refractivity contribution >= 4 is 26.8 Å². The van der Waals surface area contributed by atoms with Crippen LogP contribution < -0.4 is 5.32 Å². The van der Waals surface area contributed by atoms with Gasteiger partial charge in [0, 0.05) is 43.8 Å². The second kappa shape index (κ2) is 7.18. The summed E-state index contributed by atoms with van der Waals surface area (Å²) in [5.41, 5.74) is 1.66. The predicted molar refractivity (Wildman–Crippen MR) is 103 cm³/mol. The summed E-state index contributed by atoms with van der Waals surface area (Å²) < 4.78 is 28.3. The smallest absolute Gasteiger partial charge is 0.243 e. The van der Waals surface area contributed by atoms with Gasteiger partial charge in [-0.25, -0.2) is 8.42 Å². The van der Waals surface area contributed by atoms with Gasteiger partial charge in [-0.15, -0.1) is 0 Å². The molecule has 8 heteroatoms. The van der Waals surface area contributed by atoms with Crippen LogP contribution in [-0.4, -0.2) is 67.3 Å². The van der Waals surface area contributed by atoms with Crippen LogP contribution in [0.25, 0.3) is 10.9 Å². The molecule has 1 unspecified atom stereocenters. The molecule has 0 aliphatic carbocycles. The molecule has 7 nitrogen and oxygen atoms in total. The average Bonchev–Trinajstić information content (AvgIpc) is 2.69. The molecular weight excluding hydrogens is 364 g/mol. The molecule has 4 rings (SSSR count). The summed E-state index contributed by atoms with van der Waals surface area (Å²) in [5, 5.41) is 3.72. The number of pyridine rings is 1. The van der Waals surface area contributed by atoms with E-state index in [1.807, 2.05) is 24.0 Å². The lowest BCUT2D eigenvalue weighted by atomic mass is 10.1. The Kier molecular flexibility index (Phi) is 4.88. The van der Waals surface area contributed by atoms with Crippen molar-refractivity contribution in [2.75, 3.05) is 32.7 Å². The number of aromatic nitrogens is 1. The Balaban J connectivity index is 1.66. The quantitative estimate of drug-likeness (QED) is 0.852. The summed E-state index contributed by atoms with van der Waals surface area (Å²) in [6, 6.07) is 7.00. The average molecular weight is 388 g/mol. The fourth-order valence-corrected chi connectivity index (χ4v) is 5.75. The molecular formula is C19H24N4O3S. The summed E-state index contributed by atoms with van der Waals surface area (Å²) in [7, 11) is -3.65. The van der Waals surface area contributed by atoms with E-state index in [0.717, 1.165) is 24.9 Å². The zero-order valence-corrected chi connectivity index (χ0v) is 16.2. The lowest BCUT2D eigenvalue weighted by Crippen LogP contribution is -2.57. The van der Waals surface area contributed by atoms with Gasteiger partial charge in [0.2, 0.25) is 15.9 Å². The van der Waals surface area contributed by atoms with Crippen LogP contribution in [0.4, 0.5) is 0 Å². The van der Waals surface area contributed by atoms with Gasteiger partial charge < -0.3 is 10.2 Å². The lowest BCUT2D eigenvalue weighted by Gasteiger charge is -2.40. The van der Waals surface area contributed by atoms with Gasteiger partial charge in [0.1, 0.15) is 0 Å². The van der Waals surface area contributed by atoms with Gasteiger partial charge in [-0.1, -0.05) is 6.07 Å². The van der Waals surface area contributed by atoms with E-state index >= 15 is 0 Å². The number of carbonyl (C=O) groups is 1. The van der Waals surface area contributed by atoms with Crippen molar-refractivity contribution in [3.63, 3.8) is 0 Å². The van der Waals surface area contributed by atoms with Crippen LogP contribution in [-0.2, 0) is 14.8 Å². The number of fused-ring (bicyclic) bond motifs is 1. The van der Waals surface area contributed by atoms with E-state index in [1.54, 1.807) is 18.3 Å². The maximum absolute atomic E-state index is 13.4. The van der Waals surface area contributed by atoms with Crippen LogP contribution in [0, 0.1) is 6.92 Å². The minimum absolute atomic E-state index is 0.0514. The van der Waals surface area contributed by atoms with Gasteiger partial charge in [-0.05, 0) is 43.5 Å². The van der Waals surface area contributed by atoms with E-state index in [-0.39, 0.29) is 11.9 Å². The van der Waals surface area contributed by atoms with Crippen molar-refractivity contribution in [3.05, 3.63) is 36.0 Å². The fraction of sp³-hybridized carbons (Fsp3) is 0.474. The summed E-state index contributed by atoms with van der Waals surface area (Å²) in [6.45, 7) is 4.48. The van der Waals surface area contributed by atoms with E-state index in [2.05, 4.69) is 10.3 Å². The first kappa shape index (κ1) is 18.3. The van der Waals surface area contributed by atoms with E-state index in [0.29, 0.717) is 42.0 Å². The number of benzene rings is 1. The Labute approximate surface area is 159 Å². The highest BCUT2D eigenvalue weighted by atomic mass is 32.2. The first-order chi connectivity index (χ1) is 13.0. The van der Waals surface area contributed by atoms with Crippen molar-refractivity contribution in [2.24, 2.45) is 0 Å². The summed E-state index contributed by atoms with van der Waals surface area (Å²) in [4.78, 5) is 18.7. The molecule has 0 spiro atoms. The molecule has 1 aromatic heterocycles. The maximum atomic E-state index is 13.4. The van der Waals surface area contributed by atoms with E-state index in [4.69, 9.17) is 0 Å². The number of rotatable bonds is 3. The normalized spacial score (nSPS) is 22.3. The first-order valence-corrected chi connectivity index (χ1v) is 10.8. The molecule has 2 fully saturated rings. The van der Waals surface area contributed by atoms with Crippen molar-refractivity contribution in [3.8, 4) is 0 Å². The maximum Gasteiger partial charge on any atom is 0.243 e. The minimum atomic E-state index is -3.65. The van der Waals surface area contributed by atoms with E-state index in [9.17, 15) is 13.2 Å². The number of hydrogen-bond donors (Lipinski definition) is 1. The number of sulfonamides is 1. The summed E-state index contributed by atoms with van der Waals surface area (Å²) in [6.07, 6.45) is 3.27. The Bertz CT molecular complexity index is 976. The van der Waals surface area contributed by atoms with Crippen LogP contribution >= 0.6 is 0 Å². The lowest BCUT2D eigenvalue weighted by molar-refractivity contribution is -0.135. The zero-order chi connectivity index (χ0) is 19.0. The van der Waals surface area contributed by atoms with Gasteiger partial charge in [0.15, 0.2) is 0 Å². The molecule has 144 valence electrons. The molecule has 2 saturated heterocycles. The Morgan fingerprint density at radius 3 is 2.89 bits per heavy atom. The van der Waals surface area contributed by atoms with Crippen molar-refractivity contribution < 1.29 is 13.2 Å². The molecule has 27 heavy (non-hydrogen) atoms. The molecule has 2 aliphatic heterocycles. The Hall–Kier alpha value is -2.03. The third-order valence-corrected chi connectivity index (χ3v) is 7.40. The molecule has 0 saturated carbocycles. The number of piperidine rings is 1. The van der Waals surface area contributed by atoms with Crippen LogP contribution in [0.1, 0.15) is 18.4 Å². The number of nitrogens with one attached hydrogen (secondary N) is 1. The molecule has 1 amide bonds. The standard InChI is InChI=1S/C19H24N4O3S/c1-14-6-7-17(16-5-2-8-21-19(14)16)27(25,26)22-10-3-4-15(13-22)23-11-9-20-12-18(23)24/h2,5-8,15,20H,3-4,9-13H2,1H3. The fourth-order valence-electron chi connectivity index (χ4n) is 4.05. The minimum Gasteiger partial charge on any atom is -0.336 e. The van der Waals surface area contributed by atoms with Gasteiger partial charge in [-0.2, -0.15) is 4.31 Å². The number of hydrogen-bond acceptors (Lipinski definition) is 5. The largest absolute Gasteiger partial charge is 0.336 e. The summed E-state index contributed by atoms with van der Waals surface area (Å²) >= 11 is 0. The number of amides is 1. The van der Waals surface area contributed by atoms with Crippen molar-refractivity contribution in [2.45, 2.75) is 30.7 Å². The monoisotopic (exact) mass is 388 g/mol. The molecule has 0 bridgehead atoms. The molecule has 1 N–H and O–H groups in total. The van der Waals surface area contributed by atoms with Crippen LogP contribution in [0.2, 0.25) is 0 Å². The molecule has 2 aromatic rings. The van der Waals surface area contributed by atoms with Crippen molar-refractivity contribution in [1.29, 1.82) is 0 Å². The number of nitrogens with zero attached hydrogens (tertiary/aromatic N) is 3. The third kappa shape index (κ3) is 3.33. The number of piperazine rings is 1. The molecule has 1 atom stereocenters. The molecule has 1 aromatic carbocycles. The van der Waals surface area contributed by atoms with Crippen LogP contribution in [0.5, 0.6) is 0 Å². The van der Waals surface area contributed by atoms with Crippen molar-refractivity contribution in [1.82, 2.24) is 19.5 Å². The van der Waals surface area contributed by atoms with Gasteiger partial charge in [-0.3, -0.25) is 9.78 Å². The molecule has 0 radical (unpaired) electrons. The van der Waals surface area contributed by atoms with E-state index in [1.165, 1.54) is 4.31 Å². The first-order valence-electron chi connectivity index (χ1n) is 9.33. The van der Waals surface area contributed by atoms with Crippen LogP contribution in [0.3, 0.4) is 0 Å². The Morgan fingerprint density at radius 2 is 2.07 bits per heavy atom. The van der Waals surface area contributed by atoms with Crippen LogP contribution in [0.15, 0.2) is 35.4 Å². The number of aryl methyl sites for hydroxylation is 1. The van der Waals surface area contributed by atoms with Gasteiger partial charge in [0.05, 0.1) is 17.0 Å². The Morgan fingerprint density at radius 1 is 1.22 bits per heavy atom. The zero-order valence-electron chi connectivity index (χ0n) is 15.4. The predicted octanol–water partition coefficient (Wildman–Crippen LogP) is 1.13. The van der Waals surface area contributed by atoms with Gasteiger partial charge in [0.25, 0.3) is 0 Å². The SMILES string of the molecule is Cc1ccc(S(=O)(=O)N2CCCC(N3CCNCC3=O)C2)c2cccnc12. The second-order valence-corrected chi connectivity index (χ2v) is 9.11. The highest BCUT2D eigenvalue weighted by molar-refractivity contribution is 7.89. The topological polar surface area (TPSA) is 82.6 Å². The van der Waals surface area contributed by atoms with Gasteiger partial charge >= 0.3 is 0 Å². The van der Waals surface area contributed by atoms with E-state index < -0.39 is 10.0 Å². The molecule has 3 heterocycles. The summed E-state index contributed by atoms with van der Waals surface area (Å²) in [5.74, 6) is 0.0514. The molecule has 2 aliphatic rings.